The number of thiophene rings is 1. The maximum atomic E-state index is 14.7. The molecule has 0 aliphatic carbocycles. The number of carbonyl (C=O) groups is 2. The molecule has 0 fully saturated rings. The molecule has 1 aliphatic rings. The second-order valence-corrected chi connectivity index (χ2v) is 15.7. The zero-order valence-electron chi connectivity index (χ0n) is 31.1. The van der Waals surface area contributed by atoms with Crippen LogP contribution in [-0.4, -0.2) is 60.1 Å². The van der Waals surface area contributed by atoms with E-state index in [-0.39, 0.29) is 12.7 Å². The lowest BCUT2D eigenvalue weighted by Gasteiger charge is -2.31. The number of hydrogen-bond acceptors (Lipinski definition) is 9. The van der Waals surface area contributed by atoms with Crippen LogP contribution in [0.4, 0.5) is 31.2 Å². The number of nitrogens with one attached hydrogen (secondary N) is 2. The van der Waals surface area contributed by atoms with Crippen molar-refractivity contribution in [1.82, 2.24) is 9.88 Å². The molecular formula is C41H45FN4O6S. The number of aromatic nitrogens is 1. The zero-order chi connectivity index (χ0) is 37.9. The summed E-state index contributed by atoms with van der Waals surface area (Å²) in [4.78, 5) is 32.4. The van der Waals surface area contributed by atoms with Gasteiger partial charge in [0.25, 0.3) is 0 Å². The number of benzene rings is 3. The van der Waals surface area contributed by atoms with Crippen LogP contribution in [0.25, 0.3) is 32.5 Å². The van der Waals surface area contributed by atoms with Crippen LogP contribution in [0.2, 0.25) is 0 Å². The maximum absolute atomic E-state index is 14.7. The molecule has 2 aromatic heterocycles. The topological polar surface area (TPSA) is 111 Å². The fraction of sp³-hybridized carbons (Fsp3) is 0.341. The summed E-state index contributed by atoms with van der Waals surface area (Å²) in [5, 5.41) is 9.25. The molecule has 0 spiro atoms. The summed E-state index contributed by atoms with van der Waals surface area (Å²) in [6, 6.07) is 20.0. The fourth-order valence-electron chi connectivity index (χ4n) is 6.06. The number of rotatable bonds is 9. The van der Waals surface area contributed by atoms with E-state index in [1.807, 2.05) is 50.4 Å². The Morgan fingerprint density at radius 3 is 2.43 bits per heavy atom. The largest absolute Gasteiger partial charge is 0.490 e. The molecule has 5 aromatic rings. The van der Waals surface area contributed by atoms with Crippen LogP contribution in [0, 0.1) is 5.82 Å². The first-order valence-corrected chi connectivity index (χ1v) is 18.4. The average Bonchev–Trinajstić information content (AvgIpc) is 3.56. The molecule has 2 amide bonds. The van der Waals surface area contributed by atoms with E-state index in [9.17, 15) is 14.0 Å². The second-order valence-electron chi connectivity index (χ2n) is 14.8. The Hall–Kier alpha value is -5.20. The molecule has 0 atom stereocenters. The molecule has 0 bridgehead atoms. The summed E-state index contributed by atoms with van der Waals surface area (Å²) >= 11 is 1.55. The molecule has 3 aromatic carbocycles. The molecule has 0 saturated heterocycles. The highest BCUT2D eigenvalue weighted by Crippen LogP contribution is 2.46. The van der Waals surface area contributed by atoms with E-state index in [4.69, 9.17) is 23.9 Å². The Morgan fingerprint density at radius 1 is 0.906 bits per heavy atom. The van der Waals surface area contributed by atoms with Crippen molar-refractivity contribution in [3.05, 3.63) is 89.1 Å². The second kappa shape index (κ2) is 15.4. The van der Waals surface area contributed by atoms with Crippen molar-refractivity contribution in [2.45, 2.75) is 65.7 Å². The van der Waals surface area contributed by atoms with E-state index < -0.39 is 23.1 Å². The normalized spacial score (nSPS) is 13.0. The van der Waals surface area contributed by atoms with Crippen LogP contribution >= 0.6 is 11.3 Å². The monoisotopic (exact) mass is 740 g/mol. The number of ether oxygens (including phenoxy) is 4. The predicted octanol–water partition coefficient (Wildman–Crippen LogP) is 10.2. The molecule has 2 N–H and O–H groups in total. The summed E-state index contributed by atoms with van der Waals surface area (Å²) in [5.41, 5.74) is 5.24. The highest BCUT2D eigenvalue weighted by atomic mass is 32.1. The summed E-state index contributed by atoms with van der Waals surface area (Å²) in [6.07, 6.45) is -0.216. The third-order valence-corrected chi connectivity index (χ3v) is 9.21. The zero-order valence-corrected chi connectivity index (χ0v) is 31.9. The third kappa shape index (κ3) is 9.24. The van der Waals surface area contributed by atoms with Crippen LogP contribution in [0.3, 0.4) is 0 Å². The smallest absolute Gasteiger partial charge is 0.412 e. The fourth-order valence-corrected chi connectivity index (χ4v) is 7.01. The number of pyridine rings is 1. The molecule has 3 heterocycles. The lowest BCUT2D eigenvalue weighted by atomic mass is 9.94. The summed E-state index contributed by atoms with van der Waals surface area (Å²) in [6.45, 7) is 12.6. The van der Waals surface area contributed by atoms with Gasteiger partial charge in [0.1, 0.15) is 35.2 Å². The minimum absolute atomic E-state index is 0.230. The van der Waals surface area contributed by atoms with E-state index >= 15 is 0 Å². The van der Waals surface area contributed by atoms with E-state index in [0.717, 1.165) is 38.0 Å². The Morgan fingerprint density at radius 2 is 1.68 bits per heavy atom. The number of methoxy groups -OCH3 is 1. The lowest BCUT2D eigenvalue weighted by Crippen LogP contribution is -2.39. The van der Waals surface area contributed by atoms with Gasteiger partial charge in [-0.3, -0.25) is 5.32 Å². The predicted molar refractivity (Wildman–Crippen MR) is 208 cm³/mol. The lowest BCUT2D eigenvalue weighted by molar-refractivity contribution is 0.0223. The van der Waals surface area contributed by atoms with Crippen molar-refractivity contribution >= 4 is 50.8 Å². The highest BCUT2D eigenvalue weighted by molar-refractivity contribution is 7.18. The van der Waals surface area contributed by atoms with Crippen molar-refractivity contribution in [3.63, 3.8) is 0 Å². The van der Waals surface area contributed by atoms with E-state index in [1.54, 1.807) is 62.3 Å². The van der Waals surface area contributed by atoms with Gasteiger partial charge in [0.15, 0.2) is 0 Å². The van der Waals surface area contributed by atoms with Gasteiger partial charge in [0.2, 0.25) is 0 Å². The van der Waals surface area contributed by atoms with Gasteiger partial charge in [-0.1, -0.05) is 18.2 Å². The highest BCUT2D eigenvalue weighted by Gasteiger charge is 2.27. The van der Waals surface area contributed by atoms with Gasteiger partial charge < -0.3 is 29.2 Å². The Kier molecular flexibility index (Phi) is 10.9. The number of fused-ring (bicyclic) bond motifs is 2. The number of amides is 2. The SMILES string of the molecule is COCCOc1cc(F)ccc1-c1c(Nc2cccc(NC(=O)OC(C)(C)C)c2)nc(-c2ccc3c(c2)CCN(C(=O)OC(C)(C)C)C3)c2ccsc12. The van der Waals surface area contributed by atoms with Gasteiger partial charge >= 0.3 is 12.2 Å². The van der Waals surface area contributed by atoms with Crippen molar-refractivity contribution < 1.29 is 32.9 Å². The number of hydrogen-bond donors (Lipinski definition) is 2. The van der Waals surface area contributed by atoms with E-state index in [0.29, 0.717) is 54.6 Å². The maximum Gasteiger partial charge on any atom is 0.412 e. The van der Waals surface area contributed by atoms with Crippen molar-refractivity contribution in [1.29, 1.82) is 0 Å². The third-order valence-electron chi connectivity index (χ3n) is 8.28. The Balaban J connectivity index is 1.43. The van der Waals surface area contributed by atoms with Gasteiger partial charge in [-0.05, 0) is 107 Å². The minimum atomic E-state index is -0.655. The van der Waals surface area contributed by atoms with Crippen molar-refractivity contribution in [3.8, 4) is 28.1 Å². The molecule has 0 radical (unpaired) electrons. The molecule has 10 nitrogen and oxygen atoms in total. The van der Waals surface area contributed by atoms with Crippen LogP contribution in [0.15, 0.2) is 72.1 Å². The van der Waals surface area contributed by atoms with Crippen LogP contribution < -0.4 is 15.4 Å². The first-order valence-electron chi connectivity index (χ1n) is 17.5. The molecule has 0 unspecified atom stereocenters. The first kappa shape index (κ1) is 37.6. The standard InChI is InChI=1S/C41H45FN4O6S/c1-40(2,3)51-38(47)44-30-10-8-9-29(23-30)43-37-34(31-14-13-28(42)22-33(31)50-19-18-49-7)36-32(16-20-53-36)35(45-37)26-11-12-27-24-46(17-15-25(27)21-26)39(48)52-41(4,5)6/h8-14,16,20-23H,15,17-19,24H2,1-7H3,(H,43,45)(H,44,47). The molecule has 278 valence electrons. The quantitative estimate of drug-likeness (QED) is 0.144. The summed E-state index contributed by atoms with van der Waals surface area (Å²) in [7, 11) is 1.58. The van der Waals surface area contributed by atoms with E-state index in [1.165, 1.54) is 12.1 Å². The average molecular weight is 741 g/mol. The first-order chi connectivity index (χ1) is 25.2. The number of carbonyl (C=O) groups excluding carboxylic acids is 2. The minimum Gasteiger partial charge on any atom is -0.490 e. The molecular weight excluding hydrogens is 696 g/mol. The van der Waals surface area contributed by atoms with Crippen LogP contribution in [-0.2, 0) is 27.2 Å². The van der Waals surface area contributed by atoms with Gasteiger partial charge in [0.05, 0.1) is 12.3 Å². The van der Waals surface area contributed by atoms with Gasteiger partial charge in [-0.2, -0.15) is 0 Å². The van der Waals surface area contributed by atoms with Crippen LogP contribution in [0.5, 0.6) is 5.75 Å². The van der Waals surface area contributed by atoms with Crippen molar-refractivity contribution in [2.75, 3.05) is 37.5 Å². The Bertz CT molecular complexity index is 2140. The molecule has 53 heavy (non-hydrogen) atoms. The van der Waals surface area contributed by atoms with Gasteiger partial charge in [-0.25, -0.2) is 19.0 Å². The summed E-state index contributed by atoms with van der Waals surface area (Å²) < 4.78 is 38.0. The molecule has 12 heteroatoms. The van der Waals surface area contributed by atoms with Gasteiger partial charge in [0, 0.05) is 64.4 Å². The summed E-state index contributed by atoms with van der Waals surface area (Å²) in [5.74, 6) is 0.447. The Labute approximate surface area is 313 Å². The molecule has 6 rings (SSSR count). The van der Waals surface area contributed by atoms with Gasteiger partial charge in [-0.15, -0.1) is 11.3 Å². The number of nitrogens with zero attached hydrogens (tertiary/aromatic N) is 2. The number of anilines is 3. The number of halogens is 1. The van der Waals surface area contributed by atoms with Crippen molar-refractivity contribution in [2.24, 2.45) is 0 Å². The van der Waals surface area contributed by atoms with Crippen LogP contribution in [0.1, 0.15) is 52.7 Å². The molecule has 0 saturated carbocycles. The molecule has 1 aliphatic heterocycles. The van der Waals surface area contributed by atoms with E-state index in [2.05, 4.69) is 22.8 Å².